The molecular weight excluding hydrogens is 468 g/mol. The lowest BCUT2D eigenvalue weighted by atomic mass is 10.1. The first-order valence-electron chi connectivity index (χ1n) is 10.1. The van der Waals surface area contributed by atoms with E-state index in [9.17, 15) is 26.4 Å². The van der Waals surface area contributed by atoms with Gasteiger partial charge < -0.3 is 11.5 Å². The summed E-state index contributed by atoms with van der Waals surface area (Å²) in [5.74, 6) is -3.05. The van der Waals surface area contributed by atoms with Crippen LogP contribution in [0.4, 0.5) is 0 Å². The summed E-state index contributed by atoms with van der Waals surface area (Å²) in [4.78, 5) is 24.2. The van der Waals surface area contributed by atoms with Crippen LogP contribution in [0.3, 0.4) is 0 Å². The van der Waals surface area contributed by atoms with Crippen molar-refractivity contribution in [1.29, 1.82) is 0 Å². The summed E-state index contributed by atoms with van der Waals surface area (Å²) in [7, 11) is -8.21. The average molecular weight is 497 g/mol. The fourth-order valence-electron chi connectivity index (χ4n) is 2.92. The summed E-state index contributed by atoms with van der Waals surface area (Å²) in [6, 6.07) is 15.5. The van der Waals surface area contributed by atoms with Crippen molar-refractivity contribution < 1.29 is 26.4 Å². The minimum atomic E-state index is -4.11. The van der Waals surface area contributed by atoms with Gasteiger partial charge in [-0.15, -0.1) is 0 Å². The van der Waals surface area contributed by atoms with E-state index in [1.165, 1.54) is 0 Å². The number of sulfonamides is 2. The van der Waals surface area contributed by atoms with Gasteiger partial charge in [-0.3, -0.25) is 19.0 Å². The zero-order valence-corrected chi connectivity index (χ0v) is 19.5. The Labute approximate surface area is 193 Å². The van der Waals surface area contributed by atoms with Gasteiger partial charge in [-0.25, -0.2) is 16.8 Å². The molecule has 12 heteroatoms. The Bertz CT molecular complexity index is 1050. The number of amides is 2. The normalized spacial score (nSPS) is 13.6. The lowest BCUT2D eigenvalue weighted by molar-refractivity contribution is -0.121. The van der Waals surface area contributed by atoms with Crippen molar-refractivity contribution in [2.24, 2.45) is 11.5 Å². The minimum Gasteiger partial charge on any atom is -0.320 e. The molecule has 0 aromatic heterocycles. The van der Waals surface area contributed by atoms with Gasteiger partial charge in [-0.1, -0.05) is 60.7 Å². The van der Waals surface area contributed by atoms with Gasteiger partial charge in [0.15, 0.2) is 0 Å². The number of hydrogen-bond acceptors (Lipinski definition) is 8. The minimum absolute atomic E-state index is 0.145. The van der Waals surface area contributed by atoms with Crippen molar-refractivity contribution in [2.45, 2.75) is 31.3 Å². The van der Waals surface area contributed by atoms with E-state index in [1.807, 2.05) is 9.44 Å². The maximum absolute atomic E-state index is 12.1. The Kier molecular flexibility index (Phi) is 9.53. The highest BCUT2D eigenvalue weighted by atomic mass is 32.2. The second-order valence-corrected chi connectivity index (χ2v) is 11.2. The zero-order valence-electron chi connectivity index (χ0n) is 17.9. The molecule has 0 aliphatic rings. The van der Waals surface area contributed by atoms with E-state index in [2.05, 4.69) is 0 Å². The number of carbonyl (C=O) groups is 2. The van der Waals surface area contributed by atoms with Crippen LogP contribution in [0.2, 0.25) is 0 Å². The molecule has 0 saturated heterocycles. The molecule has 2 atom stereocenters. The summed E-state index contributed by atoms with van der Waals surface area (Å²) in [6.45, 7) is 0. The zero-order chi connectivity index (χ0) is 24.5. The first-order valence-corrected chi connectivity index (χ1v) is 13.5. The van der Waals surface area contributed by atoms with Crippen molar-refractivity contribution in [1.82, 2.24) is 9.44 Å². The maximum Gasteiger partial charge on any atom is 0.250 e. The van der Waals surface area contributed by atoms with Gasteiger partial charge in [0.05, 0.1) is 23.6 Å². The average Bonchev–Trinajstić information content (AvgIpc) is 2.74. The lowest BCUT2D eigenvalue weighted by Gasteiger charge is -2.14. The van der Waals surface area contributed by atoms with Crippen LogP contribution < -0.4 is 20.9 Å². The molecule has 10 nitrogen and oxygen atoms in total. The third kappa shape index (κ3) is 9.70. The number of nitrogens with one attached hydrogen (secondary N) is 2. The molecule has 1 unspecified atom stereocenters. The summed E-state index contributed by atoms with van der Waals surface area (Å²) < 4.78 is 52.2. The summed E-state index contributed by atoms with van der Waals surface area (Å²) in [5, 5.41) is 0. The number of nitrogens with two attached hydrogens (primary N) is 2. The molecule has 0 fully saturated rings. The van der Waals surface area contributed by atoms with Crippen LogP contribution in [-0.2, 0) is 42.5 Å². The molecule has 0 aliphatic carbocycles. The first kappa shape index (κ1) is 26.5. The standard InChI is InChI=1S/C21H28N4O6S2/c22-18(14-16-8-3-1-4-9-16)20(26)24-32(28,29)12-7-13-33(30,31)25-21(27)19(23)15-17-10-5-2-6-11-17/h1-6,8-11,18-19H,7,12-15,22-23H2,(H,24,26)(H,25,27)/t18-,19?/m0/s1. The summed E-state index contributed by atoms with van der Waals surface area (Å²) in [6.07, 6.45) is -0.0508. The molecule has 2 aromatic carbocycles. The highest BCUT2D eigenvalue weighted by Crippen LogP contribution is 2.04. The number of hydrogen-bond donors (Lipinski definition) is 4. The van der Waals surface area contributed by atoms with Crippen LogP contribution >= 0.6 is 0 Å². The van der Waals surface area contributed by atoms with E-state index in [0.29, 0.717) is 0 Å². The predicted octanol–water partition coefficient (Wildman–Crippen LogP) is -0.591. The predicted molar refractivity (Wildman–Crippen MR) is 125 cm³/mol. The lowest BCUT2D eigenvalue weighted by Crippen LogP contribution is -2.46. The molecule has 2 amide bonds. The molecule has 6 N–H and O–H groups in total. The van der Waals surface area contributed by atoms with Crippen molar-refractivity contribution in [3.63, 3.8) is 0 Å². The highest BCUT2D eigenvalue weighted by Gasteiger charge is 2.23. The van der Waals surface area contributed by atoms with E-state index in [1.54, 1.807) is 60.7 Å². The van der Waals surface area contributed by atoms with Crippen LogP contribution in [0.15, 0.2) is 60.7 Å². The molecule has 33 heavy (non-hydrogen) atoms. The molecular formula is C21H28N4O6S2. The Morgan fingerprint density at radius 2 is 1.00 bits per heavy atom. The van der Waals surface area contributed by atoms with Gasteiger partial charge >= 0.3 is 0 Å². The van der Waals surface area contributed by atoms with E-state index < -0.39 is 55.5 Å². The van der Waals surface area contributed by atoms with Crippen LogP contribution in [0.5, 0.6) is 0 Å². The van der Waals surface area contributed by atoms with E-state index in [-0.39, 0.29) is 19.3 Å². The second kappa shape index (κ2) is 11.9. The number of benzene rings is 2. The topological polar surface area (TPSA) is 179 Å². The van der Waals surface area contributed by atoms with E-state index in [0.717, 1.165) is 11.1 Å². The largest absolute Gasteiger partial charge is 0.320 e. The molecule has 0 bridgehead atoms. The molecule has 180 valence electrons. The molecule has 0 aliphatic heterocycles. The quantitative estimate of drug-likeness (QED) is 0.301. The molecule has 2 aromatic rings. The van der Waals surface area contributed by atoms with Crippen LogP contribution in [-0.4, -0.2) is 52.2 Å². The Balaban J connectivity index is 1.79. The van der Waals surface area contributed by atoms with Gasteiger partial charge in [0.2, 0.25) is 20.0 Å². The summed E-state index contributed by atoms with van der Waals surface area (Å²) >= 11 is 0. The Morgan fingerprint density at radius 3 is 1.33 bits per heavy atom. The van der Waals surface area contributed by atoms with Crippen molar-refractivity contribution >= 4 is 31.9 Å². The van der Waals surface area contributed by atoms with Crippen molar-refractivity contribution in [3.8, 4) is 0 Å². The fraction of sp³-hybridized carbons (Fsp3) is 0.333. The first-order chi connectivity index (χ1) is 15.5. The monoisotopic (exact) mass is 496 g/mol. The summed E-state index contributed by atoms with van der Waals surface area (Å²) in [5.41, 5.74) is 13.1. The SMILES string of the molecule is NC(Cc1ccccc1)C(=O)NS(=O)(=O)CCCS(=O)(=O)NC(=O)[C@@H](N)Cc1ccccc1. The van der Waals surface area contributed by atoms with Crippen molar-refractivity contribution in [3.05, 3.63) is 71.8 Å². The van der Waals surface area contributed by atoms with E-state index in [4.69, 9.17) is 11.5 Å². The Hall–Kier alpha value is -2.80. The van der Waals surface area contributed by atoms with Crippen molar-refractivity contribution in [2.75, 3.05) is 11.5 Å². The van der Waals surface area contributed by atoms with Gasteiger partial charge in [0.25, 0.3) is 11.8 Å². The van der Waals surface area contributed by atoms with Gasteiger partial charge in [-0.2, -0.15) is 0 Å². The van der Waals surface area contributed by atoms with Gasteiger partial charge in [0, 0.05) is 0 Å². The fourth-order valence-corrected chi connectivity index (χ4v) is 5.27. The number of rotatable bonds is 12. The van der Waals surface area contributed by atoms with Crippen LogP contribution in [0, 0.1) is 0 Å². The van der Waals surface area contributed by atoms with E-state index >= 15 is 0 Å². The third-order valence-corrected chi connectivity index (χ3v) is 7.29. The van der Waals surface area contributed by atoms with Gasteiger partial charge in [-0.05, 0) is 30.4 Å². The second-order valence-electron chi connectivity index (χ2n) is 7.52. The molecule has 0 heterocycles. The van der Waals surface area contributed by atoms with Crippen LogP contribution in [0.1, 0.15) is 17.5 Å². The van der Waals surface area contributed by atoms with Crippen LogP contribution in [0.25, 0.3) is 0 Å². The molecule has 2 rings (SSSR count). The highest BCUT2D eigenvalue weighted by molar-refractivity contribution is 7.90. The molecule has 0 radical (unpaired) electrons. The Morgan fingerprint density at radius 1 is 0.667 bits per heavy atom. The smallest absolute Gasteiger partial charge is 0.250 e. The third-order valence-electron chi connectivity index (χ3n) is 4.61. The van der Waals surface area contributed by atoms with Gasteiger partial charge in [0.1, 0.15) is 0 Å². The molecule has 0 saturated carbocycles. The molecule has 0 spiro atoms. The maximum atomic E-state index is 12.1. The number of carbonyl (C=O) groups excluding carboxylic acids is 2.